The molecule has 0 saturated heterocycles. The summed E-state index contributed by atoms with van der Waals surface area (Å²) in [5.41, 5.74) is -1.28. The largest absolute Gasteiger partial charge is 0.481 e. The maximum absolute atomic E-state index is 12.4. The van der Waals surface area contributed by atoms with Crippen molar-refractivity contribution in [2.45, 2.75) is 212 Å². The van der Waals surface area contributed by atoms with E-state index >= 15 is 0 Å². The van der Waals surface area contributed by atoms with E-state index in [1.54, 1.807) is 0 Å². The van der Waals surface area contributed by atoms with Gasteiger partial charge in [-0.1, -0.05) is 187 Å². The minimum Gasteiger partial charge on any atom is -0.481 e. The van der Waals surface area contributed by atoms with E-state index in [0.29, 0.717) is 13.0 Å². The van der Waals surface area contributed by atoms with Gasteiger partial charge in [0.05, 0.1) is 6.42 Å². The number of carbonyl (C=O) groups excluding carboxylic acids is 1. The topological polar surface area (TPSA) is 63.6 Å². The molecule has 0 amide bonds. The van der Waals surface area contributed by atoms with Crippen LogP contribution in [-0.4, -0.2) is 28.4 Å². The molecule has 41 heavy (non-hydrogen) atoms. The van der Waals surface area contributed by atoms with Gasteiger partial charge < -0.3 is 9.84 Å². The summed E-state index contributed by atoms with van der Waals surface area (Å²) in [5.74, 6) is -0.987. The molecule has 0 spiro atoms. The number of hydrogen-bond donors (Lipinski definition) is 2. The summed E-state index contributed by atoms with van der Waals surface area (Å²) in [7, 11) is 0. The third-order valence-electron chi connectivity index (χ3n) is 8.64. The van der Waals surface area contributed by atoms with Crippen LogP contribution in [0.5, 0.6) is 0 Å². The first-order chi connectivity index (χ1) is 20.0. The summed E-state index contributed by atoms with van der Waals surface area (Å²) in [4.78, 5) is 24.0. The molecule has 0 heterocycles. The second-order valence-electron chi connectivity index (χ2n) is 12.7. The smallest absolute Gasteiger partial charge is 0.306 e. The Morgan fingerprint density at radius 1 is 0.512 bits per heavy atom. The van der Waals surface area contributed by atoms with Crippen molar-refractivity contribution in [2.24, 2.45) is 0 Å². The van der Waals surface area contributed by atoms with Gasteiger partial charge in [0.2, 0.25) is 5.12 Å². The zero-order valence-electron chi connectivity index (χ0n) is 27.5. The van der Waals surface area contributed by atoms with Gasteiger partial charge in [-0.2, -0.15) is 0 Å². The molecule has 0 fully saturated rings. The molecule has 0 aromatic heterocycles. The van der Waals surface area contributed by atoms with Crippen LogP contribution in [0.1, 0.15) is 206 Å². The van der Waals surface area contributed by atoms with E-state index in [1.165, 1.54) is 148 Å². The van der Waals surface area contributed by atoms with Crippen molar-refractivity contribution >= 4 is 23.7 Å². The summed E-state index contributed by atoms with van der Waals surface area (Å²) >= 11 is 4.08. The van der Waals surface area contributed by atoms with Gasteiger partial charge in [-0.15, -0.1) is 12.6 Å². The molecule has 244 valence electrons. The van der Waals surface area contributed by atoms with E-state index in [4.69, 9.17) is 4.74 Å². The van der Waals surface area contributed by atoms with Crippen LogP contribution in [0.3, 0.4) is 0 Å². The fourth-order valence-electron chi connectivity index (χ4n) is 5.87. The Morgan fingerprint density at radius 3 is 1.10 bits per heavy atom. The van der Waals surface area contributed by atoms with E-state index in [0.717, 1.165) is 32.1 Å². The summed E-state index contributed by atoms with van der Waals surface area (Å²) < 4.78 is 6.02. The third-order valence-corrected chi connectivity index (χ3v) is 9.04. The molecular weight excluding hydrogens is 528 g/mol. The van der Waals surface area contributed by atoms with Crippen molar-refractivity contribution in [3.05, 3.63) is 0 Å². The van der Waals surface area contributed by atoms with Gasteiger partial charge in [-0.05, 0) is 12.8 Å². The predicted molar refractivity (Wildman–Crippen MR) is 180 cm³/mol. The molecule has 1 N–H and O–H groups in total. The van der Waals surface area contributed by atoms with Crippen LogP contribution in [0.4, 0.5) is 0 Å². The van der Waals surface area contributed by atoms with Gasteiger partial charge in [0.25, 0.3) is 0 Å². The fraction of sp³-hybridized carbons (Fsp3) is 0.944. The van der Waals surface area contributed by atoms with Crippen LogP contribution in [0, 0.1) is 0 Å². The Labute approximate surface area is 261 Å². The van der Waals surface area contributed by atoms with Gasteiger partial charge in [0.1, 0.15) is 5.60 Å². The van der Waals surface area contributed by atoms with Gasteiger partial charge in [-0.3, -0.25) is 9.59 Å². The molecule has 0 aliphatic rings. The van der Waals surface area contributed by atoms with Crippen molar-refractivity contribution < 1.29 is 19.4 Å². The molecule has 0 bridgehead atoms. The van der Waals surface area contributed by atoms with Crippen molar-refractivity contribution in [2.75, 3.05) is 6.61 Å². The number of hydrogen-bond acceptors (Lipinski definition) is 3. The molecule has 5 heteroatoms. The Kier molecular flexibility index (Phi) is 30.5. The van der Waals surface area contributed by atoms with E-state index in [2.05, 4.69) is 26.5 Å². The van der Waals surface area contributed by atoms with Gasteiger partial charge in [0, 0.05) is 6.61 Å². The summed E-state index contributed by atoms with van der Waals surface area (Å²) in [5, 5.41) is 9.04. The van der Waals surface area contributed by atoms with Crippen molar-refractivity contribution in [3.8, 4) is 0 Å². The van der Waals surface area contributed by atoms with Crippen molar-refractivity contribution in [1.82, 2.24) is 0 Å². The molecule has 0 saturated carbocycles. The normalized spacial score (nSPS) is 13.0. The summed E-state index contributed by atoms with van der Waals surface area (Å²) in [6.45, 7) is 4.98. The number of rotatable bonds is 34. The molecule has 0 radical (unpaired) electrons. The maximum Gasteiger partial charge on any atom is 0.306 e. The molecule has 1 atom stereocenters. The van der Waals surface area contributed by atoms with Crippen LogP contribution in [0.25, 0.3) is 0 Å². The number of thiol groups is 1. The predicted octanol–water partition coefficient (Wildman–Crippen LogP) is 12.0. The second kappa shape index (κ2) is 30.9. The Morgan fingerprint density at radius 2 is 0.805 bits per heavy atom. The number of ether oxygens (including phenoxy) is 1. The van der Waals surface area contributed by atoms with Crippen LogP contribution in [0.15, 0.2) is 0 Å². The lowest BCUT2D eigenvalue weighted by Crippen LogP contribution is -2.41. The highest BCUT2D eigenvalue weighted by atomic mass is 32.1. The van der Waals surface area contributed by atoms with Crippen molar-refractivity contribution in [3.63, 3.8) is 0 Å². The van der Waals surface area contributed by atoms with Crippen LogP contribution >= 0.6 is 12.6 Å². The highest BCUT2D eigenvalue weighted by Crippen LogP contribution is 2.28. The standard InChI is InChI=1S/C36H70O4S/c1-3-5-7-9-11-13-15-17-19-21-23-25-27-29-31-36(35(39)41,33-34(37)38)40-32-30-28-26-24-22-20-18-16-14-12-10-8-6-4-2/h3-33H2,1-2H3,(H,37,38)(H,39,41). The van der Waals surface area contributed by atoms with Crippen molar-refractivity contribution in [1.29, 1.82) is 0 Å². The first-order valence-corrected chi connectivity index (χ1v) is 18.5. The van der Waals surface area contributed by atoms with Gasteiger partial charge in [-0.25, -0.2) is 0 Å². The SMILES string of the molecule is CCCCCCCCCCCCCCCCOC(CCCCCCCCCCCCCCCC)(CC(=O)O)C(=O)S. The lowest BCUT2D eigenvalue weighted by Gasteiger charge is -2.29. The van der Waals surface area contributed by atoms with E-state index in [-0.39, 0.29) is 6.42 Å². The average Bonchev–Trinajstić information content (AvgIpc) is 2.94. The quantitative estimate of drug-likeness (QED) is 0.0571. The number of carboxylic acids is 1. The summed E-state index contributed by atoms with van der Waals surface area (Å²) in [6.07, 6.45) is 36.0. The van der Waals surface area contributed by atoms with Crippen LogP contribution in [0.2, 0.25) is 0 Å². The highest BCUT2D eigenvalue weighted by molar-refractivity contribution is 7.96. The molecule has 0 aromatic carbocycles. The number of aliphatic carboxylic acids is 1. The number of carbonyl (C=O) groups is 2. The zero-order valence-corrected chi connectivity index (χ0v) is 28.4. The van der Waals surface area contributed by atoms with E-state index in [9.17, 15) is 14.7 Å². The fourth-order valence-corrected chi connectivity index (χ4v) is 6.12. The molecule has 0 aliphatic carbocycles. The van der Waals surface area contributed by atoms with Gasteiger partial charge in [0.15, 0.2) is 0 Å². The van der Waals surface area contributed by atoms with Crippen LogP contribution in [-0.2, 0) is 14.3 Å². The number of carboxylic acid groups (broad SMARTS) is 1. The molecule has 1 unspecified atom stereocenters. The first kappa shape index (κ1) is 40.5. The molecule has 0 aliphatic heterocycles. The third kappa shape index (κ3) is 26.8. The molecule has 0 rings (SSSR count). The van der Waals surface area contributed by atoms with E-state index in [1.807, 2.05) is 0 Å². The monoisotopic (exact) mass is 598 g/mol. The Hall–Kier alpha value is -0.550. The molecule has 0 aromatic rings. The minimum atomic E-state index is -1.28. The van der Waals surface area contributed by atoms with Crippen LogP contribution < -0.4 is 0 Å². The van der Waals surface area contributed by atoms with Gasteiger partial charge >= 0.3 is 5.97 Å². The number of unbranched alkanes of at least 4 members (excludes halogenated alkanes) is 26. The molecule has 4 nitrogen and oxygen atoms in total. The maximum atomic E-state index is 12.4. The Balaban J connectivity index is 3.92. The highest BCUT2D eigenvalue weighted by Gasteiger charge is 2.39. The molecular formula is C36H70O4S. The second-order valence-corrected chi connectivity index (χ2v) is 13.1. The first-order valence-electron chi connectivity index (χ1n) is 18.1. The summed E-state index contributed by atoms with van der Waals surface area (Å²) in [6, 6.07) is 0. The Bertz CT molecular complexity index is 582. The minimum absolute atomic E-state index is 0.285. The zero-order chi connectivity index (χ0) is 30.3. The lowest BCUT2D eigenvalue weighted by atomic mass is 9.92. The van der Waals surface area contributed by atoms with E-state index < -0.39 is 16.7 Å². The average molecular weight is 599 g/mol. The lowest BCUT2D eigenvalue weighted by molar-refractivity contribution is -0.153.